The van der Waals surface area contributed by atoms with Crippen LogP contribution in [0.5, 0.6) is 0 Å². The van der Waals surface area contributed by atoms with Gasteiger partial charge in [0.15, 0.2) is 5.82 Å². The third-order valence-electron chi connectivity index (χ3n) is 3.26. The lowest BCUT2D eigenvalue weighted by Gasteiger charge is -2.05. The Labute approximate surface area is 119 Å². The molecule has 0 spiro atoms. The van der Waals surface area contributed by atoms with Gasteiger partial charge in [-0.25, -0.2) is 0 Å². The molecule has 21 heavy (non-hydrogen) atoms. The van der Waals surface area contributed by atoms with E-state index in [1.807, 2.05) is 0 Å². The highest BCUT2D eigenvalue weighted by molar-refractivity contribution is 5.72. The molecule has 8 nitrogen and oxygen atoms in total. The quantitative estimate of drug-likeness (QED) is 0.568. The van der Waals surface area contributed by atoms with Gasteiger partial charge >= 0.3 is 0 Å². The van der Waals surface area contributed by atoms with Gasteiger partial charge in [-0.15, -0.1) is 10.2 Å². The first-order valence-electron chi connectivity index (χ1n) is 6.21. The number of nitro benzene ring substituents is 1. The van der Waals surface area contributed by atoms with Crippen LogP contribution < -0.4 is 5.73 Å². The van der Waals surface area contributed by atoms with Crippen molar-refractivity contribution in [1.82, 2.24) is 19.8 Å². The predicted octanol–water partition coefficient (Wildman–Crippen LogP) is 1.90. The van der Waals surface area contributed by atoms with Gasteiger partial charge < -0.3 is 5.73 Å². The molecule has 0 radical (unpaired) electrons. The number of anilines is 1. The Kier molecular flexibility index (Phi) is 2.79. The minimum atomic E-state index is -0.412. The van der Waals surface area contributed by atoms with Gasteiger partial charge in [-0.3, -0.25) is 10.1 Å². The van der Waals surface area contributed by atoms with Crippen molar-refractivity contribution in [2.24, 2.45) is 0 Å². The van der Waals surface area contributed by atoms with Crippen LogP contribution >= 0.6 is 0 Å². The summed E-state index contributed by atoms with van der Waals surface area (Å²) in [7, 11) is 0. The summed E-state index contributed by atoms with van der Waals surface area (Å²) < 4.78 is 1.52. The van der Waals surface area contributed by atoms with Crippen LogP contribution in [-0.4, -0.2) is 24.7 Å². The normalized spacial score (nSPS) is 11.0. The van der Waals surface area contributed by atoms with Crippen LogP contribution in [0.25, 0.3) is 16.9 Å². The zero-order valence-corrected chi connectivity index (χ0v) is 11.4. The van der Waals surface area contributed by atoms with E-state index in [0.29, 0.717) is 34.0 Å². The molecule has 3 rings (SSSR count). The van der Waals surface area contributed by atoms with Crippen molar-refractivity contribution in [3.63, 3.8) is 0 Å². The third-order valence-corrected chi connectivity index (χ3v) is 3.26. The molecule has 0 atom stereocenters. The number of aryl methyl sites for hydroxylation is 2. The standard InChI is InChI=1S/C13H12N6O2/c1-7-3-4-9(5-12(7)19(20)21)11-6-10(14)13-16-15-8(2)18(13)17-11/h3-6H,14H2,1-2H3. The number of rotatable bonds is 2. The summed E-state index contributed by atoms with van der Waals surface area (Å²) in [5.41, 5.74) is 8.63. The van der Waals surface area contributed by atoms with Gasteiger partial charge in [-0.1, -0.05) is 12.1 Å². The second-order valence-corrected chi connectivity index (χ2v) is 4.73. The minimum Gasteiger partial charge on any atom is -0.396 e. The maximum absolute atomic E-state index is 11.0. The molecule has 3 aromatic rings. The van der Waals surface area contributed by atoms with Gasteiger partial charge in [-0.2, -0.15) is 9.61 Å². The van der Waals surface area contributed by atoms with Crippen molar-refractivity contribution >= 4 is 17.0 Å². The topological polar surface area (TPSA) is 112 Å². The van der Waals surface area contributed by atoms with Crippen molar-refractivity contribution < 1.29 is 4.92 Å². The summed E-state index contributed by atoms with van der Waals surface area (Å²) in [6.07, 6.45) is 0. The maximum atomic E-state index is 11.0. The van der Waals surface area contributed by atoms with E-state index in [0.717, 1.165) is 0 Å². The highest BCUT2D eigenvalue weighted by Crippen LogP contribution is 2.27. The van der Waals surface area contributed by atoms with Crippen molar-refractivity contribution in [3.8, 4) is 11.3 Å². The van der Waals surface area contributed by atoms with Crippen molar-refractivity contribution in [2.75, 3.05) is 5.73 Å². The largest absolute Gasteiger partial charge is 0.396 e. The molecule has 0 saturated carbocycles. The fourth-order valence-electron chi connectivity index (χ4n) is 2.11. The molecule has 0 unspecified atom stereocenters. The SMILES string of the molecule is Cc1ccc(-c2cc(N)c3nnc(C)n3n2)cc1[N+](=O)[O-]. The number of aromatic nitrogens is 4. The molecule has 2 N–H and O–H groups in total. The Morgan fingerprint density at radius 2 is 2.00 bits per heavy atom. The Morgan fingerprint density at radius 1 is 1.24 bits per heavy atom. The number of nitrogen functional groups attached to an aromatic ring is 1. The molecule has 1 aromatic carbocycles. The lowest BCUT2D eigenvalue weighted by Crippen LogP contribution is -2.01. The molecule has 8 heteroatoms. The summed E-state index contributed by atoms with van der Waals surface area (Å²) in [5, 5.41) is 23.3. The molecule has 2 heterocycles. The molecule has 106 valence electrons. The van der Waals surface area contributed by atoms with E-state index in [-0.39, 0.29) is 5.69 Å². The van der Waals surface area contributed by atoms with E-state index in [2.05, 4.69) is 15.3 Å². The predicted molar refractivity (Wildman–Crippen MR) is 76.8 cm³/mol. The Bertz CT molecular complexity index is 870. The van der Waals surface area contributed by atoms with Gasteiger partial charge in [0.1, 0.15) is 0 Å². The number of benzene rings is 1. The van der Waals surface area contributed by atoms with Gasteiger partial charge in [-0.05, 0) is 19.9 Å². The molecule has 0 bridgehead atoms. The van der Waals surface area contributed by atoms with Crippen molar-refractivity contribution in [3.05, 3.63) is 45.8 Å². The second-order valence-electron chi connectivity index (χ2n) is 4.73. The highest BCUT2D eigenvalue weighted by Gasteiger charge is 2.15. The van der Waals surface area contributed by atoms with E-state index < -0.39 is 4.92 Å². The van der Waals surface area contributed by atoms with E-state index in [9.17, 15) is 10.1 Å². The van der Waals surface area contributed by atoms with Crippen LogP contribution in [0, 0.1) is 24.0 Å². The highest BCUT2D eigenvalue weighted by atomic mass is 16.6. The van der Waals surface area contributed by atoms with E-state index in [4.69, 9.17) is 5.73 Å². The molecule has 0 fully saturated rings. The van der Waals surface area contributed by atoms with Crippen LogP contribution in [0.15, 0.2) is 24.3 Å². The zero-order valence-electron chi connectivity index (χ0n) is 11.4. The Balaban J connectivity index is 2.23. The average Bonchev–Trinajstić information content (AvgIpc) is 2.81. The maximum Gasteiger partial charge on any atom is 0.272 e. The van der Waals surface area contributed by atoms with E-state index in [1.165, 1.54) is 10.6 Å². The number of hydrogen-bond donors (Lipinski definition) is 1. The fraction of sp³-hybridized carbons (Fsp3) is 0.154. The molecule has 0 amide bonds. The van der Waals surface area contributed by atoms with Gasteiger partial charge in [0.2, 0.25) is 5.65 Å². The van der Waals surface area contributed by atoms with Crippen molar-refractivity contribution in [2.45, 2.75) is 13.8 Å². The van der Waals surface area contributed by atoms with Crippen LogP contribution in [0.4, 0.5) is 11.4 Å². The zero-order chi connectivity index (χ0) is 15.1. The number of hydrogen-bond acceptors (Lipinski definition) is 6. The lowest BCUT2D eigenvalue weighted by atomic mass is 10.1. The molecular formula is C13H12N6O2. The third kappa shape index (κ3) is 2.06. The van der Waals surface area contributed by atoms with Crippen LogP contribution in [-0.2, 0) is 0 Å². The Hall–Kier alpha value is -3.03. The van der Waals surface area contributed by atoms with E-state index >= 15 is 0 Å². The number of nitrogens with zero attached hydrogens (tertiary/aromatic N) is 5. The summed E-state index contributed by atoms with van der Waals surface area (Å²) in [4.78, 5) is 10.6. The molecule has 0 aliphatic carbocycles. The first-order chi connectivity index (χ1) is 9.97. The smallest absolute Gasteiger partial charge is 0.272 e. The number of nitrogens with two attached hydrogens (primary N) is 1. The lowest BCUT2D eigenvalue weighted by molar-refractivity contribution is -0.385. The molecule has 0 aliphatic heterocycles. The number of fused-ring (bicyclic) bond motifs is 1. The molecule has 0 aliphatic rings. The first kappa shape index (κ1) is 13.0. The molecule has 2 aromatic heterocycles. The summed E-state index contributed by atoms with van der Waals surface area (Å²) in [5.74, 6) is 0.597. The van der Waals surface area contributed by atoms with Crippen molar-refractivity contribution in [1.29, 1.82) is 0 Å². The van der Waals surface area contributed by atoms with Gasteiger partial charge in [0, 0.05) is 17.2 Å². The van der Waals surface area contributed by atoms with Crippen LogP contribution in [0.2, 0.25) is 0 Å². The second kappa shape index (κ2) is 4.51. The summed E-state index contributed by atoms with van der Waals surface area (Å²) in [6, 6.07) is 6.59. The molecular weight excluding hydrogens is 272 g/mol. The first-order valence-corrected chi connectivity index (χ1v) is 6.21. The van der Waals surface area contributed by atoms with E-state index in [1.54, 1.807) is 32.0 Å². The number of nitro groups is 1. The fourth-order valence-corrected chi connectivity index (χ4v) is 2.11. The van der Waals surface area contributed by atoms with Gasteiger partial charge in [0.25, 0.3) is 5.69 Å². The Morgan fingerprint density at radius 3 is 2.71 bits per heavy atom. The summed E-state index contributed by atoms with van der Waals surface area (Å²) in [6.45, 7) is 3.45. The van der Waals surface area contributed by atoms with Crippen LogP contribution in [0.1, 0.15) is 11.4 Å². The van der Waals surface area contributed by atoms with Crippen LogP contribution in [0.3, 0.4) is 0 Å². The average molecular weight is 284 g/mol. The van der Waals surface area contributed by atoms with Gasteiger partial charge in [0.05, 0.1) is 16.3 Å². The monoisotopic (exact) mass is 284 g/mol. The minimum absolute atomic E-state index is 0.0495. The summed E-state index contributed by atoms with van der Waals surface area (Å²) >= 11 is 0. The molecule has 0 saturated heterocycles.